The van der Waals surface area contributed by atoms with Crippen molar-refractivity contribution in [3.63, 3.8) is 0 Å². The van der Waals surface area contributed by atoms with Gasteiger partial charge in [0.15, 0.2) is 0 Å². The summed E-state index contributed by atoms with van der Waals surface area (Å²) < 4.78 is 0. The van der Waals surface area contributed by atoms with Gasteiger partial charge in [0.25, 0.3) is 0 Å². The number of rotatable bonds is 5. The molecule has 3 atom stereocenters. The van der Waals surface area contributed by atoms with E-state index < -0.39 is 23.2 Å². The molecule has 1 fully saturated rings. The second-order valence-corrected chi connectivity index (χ2v) is 7.61. The lowest BCUT2D eigenvalue weighted by molar-refractivity contribution is -0.140. The van der Waals surface area contributed by atoms with E-state index in [1.807, 2.05) is 20.8 Å². The van der Waals surface area contributed by atoms with E-state index in [1.54, 1.807) is 11.3 Å². The molecule has 0 aromatic carbocycles. The van der Waals surface area contributed by atoms with Crippen LogP contribution in [-0.4, -0.2) is 23.0 Å². The average molecular weight is 295 g/mol. The number of carboxylic acid groups (broad SMARTS) is 1. The Hall–Kier alpha value is -1.36. The number of hydrogen-bond acceptors (Lipinski definition) is 3. The van der Waals surface area contributed by atoms with E-state index in [4.69, 9.17) is 5.11 Å². The second kappa shape index (κ2) is 5.20. The maximum Gasteiger partial charge on any atom is 0.307 e. The van der Waals surface area contributed by atoms with Crippen LogP contribution in [0.2, 0.25) is 0 Å². The van der Waals surface area contributed by atoms with Gasteiger partial charge in [-0.1, -0.05) is 13.8 Å². The Morgan fingerprint density at radius 3 is 2.50 bits per heavy atom. The number of amides is 1. The normalized spacial score (nSPS) is 25.0. The molecule has 5 heteroatoms. The highest BCUT2D eigenvalue weighted by Gasteiger charge is 2.65. The molecule has 0 saturated heterocycles. The highest BCUT2D eigenvalue weighted by molar-refractivity contribution is 7.11. The molecule has 1 aromatic heterocycles. The molecule has 1 saturated carbocycles. The first-order valence-corrected chi connectivity index (χ1v) is 7.63. The maximum atomic E-state index is 12.2. The Kier molecular flexibility index (Phi) is 3.91. The van der Waals surface area contributed by atoms with E-state index in [2.05, 4.69) is 24.4 Å². The fraction of sp³-hybridized carbons (Fsp3) is 0.600. The van der Waals surface area contributed by atoms with Gasteiger partial charge in [-0.05, 0) is 31.4 Å². The number of carbonyl (C=O) groups excluding carboxylic acids is 1. The molecule has 1 aliphatic rings. The van der Waals surface area contributed by atoms with Gasteiger partial charge in [0.1, 0.15) is 0 Å². The quantitative estimate of drug-likeness (QED) is 0.877. The van der Waals surface area contributed by atoms with Crippen molar-refractivity contribution in [2.24, 2.45) is 17.3 Å². The van der Waals surface area contributed by atoms with Crippen LogP contribution in [0.1, 0.15) is 30.5 Å². The molecular formula is C15H21NO3S. The number of carboxylic acids is 1. The molecule has 1 heterocycles. The van der Waals surface area contributed by atoms with Crippen LogP contribution in [0.4, 0.5) is 0 Å². The van der Waals surface area contributed by atoms with E-state index >= 15 is 0 Å². The fourth-order valence-corrected chi connectivity index (χ4v) is 3.89. The van der Waals surface area contributed by atoms with E-state index in [9.17, 15) is 9.59 Å². The second-order valence-electron chi connectivity index (χ2n) is 6.24. The molecule has 0 bridgehead atoms. The van der Waals surface area contributed by atoms with Crippen LogP contribution in [0.25, 0.3) is 0 Å². The van der Waals surface area contributed by atoms with Crippen molar-refractivity contribution >= 4 is 23.2 Å². The van der Waals surface area contributed by atoms with Crippen LogP contribution in [0.3, 0.4) is 0 Å². The van der Waals surface area contributed by atoms with Gasteiger partial charge >= 0.3 is 5.97 Å². The Morgan fingerprint density at radius 1 is 1.40 bits per heavy atom. The first kappa shape index (κ1) is 15.0. The molecule has 4 nitrogen and oxygen atoms in total. The summed E-state index contributed by atoms with van der Waals surface area (Å²) >= 11 is 1.73. The summed E-state index contributed by atoms with van der Waals surface area (Å²) in [6, 6.07) is 4.16. The number of thiophene rings is 1. The van der Waals surface area contributed by atoms with Gasteiger partial charge in [-0.25, -0.2) is 0 Å². The van der Waals surface area contributed by atoms with Crippen molar-refractivity contribution in [1.29, 1.82) is 0 Å². The van der Waals surface area contributed by atoms with E-state index in [1.165, 1.54) is 9.75 Å². The lowest BCUT2D eigenvalue weighted by Crippen LogP contribution is -2.36. The molecule has 3 unspecified atom stereocenters. The van der Waals surface area contributed by atoms with E-state index in [0.717, 1.165) is 6.42 Å². The van der Waals surface area contributed by atoms with E-state index in [-0.39, 0.29) is 11.9 Å². The Balaban J connectivity index is 1.90. The smallest absolute Gasteiger partial charge is 0.307 e. The SMILES string of the molecule is Cc1ccc(CC(C)NC(=O)C2C(C(=O)O)C2(C)C)s1. The van der Waals surface area contributed by atoms with Gasteiger partial charge in [-0.3, -0.25) is 9.59 Å². The van der Waals surface area contributed by atoms with Gasteiger partial charge in [0, 0.05) is 22.2 Å². The van der Waals surface area contributed by atoms with Gasteiger partial charge in [0.2, 0.25) is 5.91 Å². The van der Waals surface area contributed by atoms with Crippen LogP contribution in [0.15, 0.2) is 12.1 Å². The highest BCUT2D eigenvalue weighted by atomic mass is 32.1. The third kappa shape index (κ3) is 2.87. The average Bonchev–Trinajstić information content (AvgIpc) is 2.66. The monoisotopic (exact) mass is 295 g/mol. The van der Waals surface area contributed by atoms with Gasteiger partial charge in [-0.2, -0.15) is 0 Å². The third-order valence-corrected chi connectivity index (χ3v) is 5.09. The molecule has 2 N–H and O–H groups in total. The topological polar surface area (TPSA) is 66.4 Å². The van der Waals surface area contributed by atoms with Crippen LogP contribution in [-0.2, 0) is 16.0 Å². The van der Waals surface area contributed by atoms with E-state index in [0.29, 0.717) is 0 Å². The Bertz CT molecular complexity index is 535. The van der Waals surface area contributed by atoms with Gasteiger partial charge < -0.3 is 10.4 Å². The summed E-state index contributed by atoms with van der Waals surface area (Å²) in [6.07, 6.45) is 0.787. The summed E-state index contributed by atoms with van der Waals surface area (Å²) in [5.74, 6) is -1.98. The molecular weight excluding hydrogens is 274 g/mol. The Morgan fingerprint density at radius 2 is 2.05 bits per heavy atom. The first-order valence-electron chi connectivity index (χ1n) is 6.82. The largest absolute Gasteiger partial charge is 0.481 e. The minimum atomic E-state index is -0.878. The molecule has 0 spiro atoms. The van der Waals surface area contributed by atoms with Gasteiger partial charge in [-0.15, -0.1) is 11.3 Å². The van der Waals surface area contributed by atoms with Crippen LogP contribution < -0.4 is 5.32 Å². The zero-order chi connectivity index (χ0) is 15.1. The van der Waals surface area contributed by atoms with Crippen molar-refractivity contribution in [3.05, 3.63) is 21.9 Å². The molecule has 1 aromatic rings. The number of carbonyl (C=O) groups is 2. The predicted octanol–water partition coefficient (Wildman–Crippen LogP) is 2.46. The fourth-order valence-electron chi connectivity index (χ4n) is 2.87. The van der Waals surface area contributed by atoms with Crippen molar-refractivity contribution in [1.82, 2.24) is 5.32 Å². The molecule has 0 radical (unpaired) electrons. The predicted molar refractivity (Wildman–Crippen MR) is 78.8 cm³/mol. The van der Waals surface area contributed by atoms with Crippen molar-refractivity contribution in [2.75, 3.05) is 0 Å². The number of aryl methyl sites for hydroxylation is 1. The zero-order valence-electron chi connectivity index (χ0n) is 12.3. The van der Waals surface area contributed by atoms with Gasteiger partial charge in [0.05, 0.1) is 11.8 Å². The van der Waals surface area contributed by atoms with Crippen molar-refractivity contribution < 1.29 is 14.7 Å². The van der Waals surface area contributed by atoms with Crippen LogP contribution in [0.5, 0.6) is 0 Å². The maximum absolute atomic E-state index is 12.2. The standard InChI is InChI=1S/C15H21NO3S/c1-8(7-10-6-5-9(2)20-10)16-13(17)11-12(14(18)19)15(11,3)4/h5-6,8,11-12H,7H2,1-4H3,(H,16,17)(H,18,19). The van der Waals surface area contributed by atoms with Crippen LogP contribution in [0, 0.1) is 24.2 Å². The molecule has 110 valence electrons. The summed E-state index contributed by atoms with van der Waals surface area (Å²) in [4.78, 5) is 25.8. The number of aliphatic carboxylic acids is 1. The molecule has 20 heavy (non-hydrogen) atoms. The molecule has 1 aliphatic carbocycles. The van der Waals surface area contributed by atoms with Crippen molar-refractivity contribution in [2.45, 2.75) is 40.2 Å². The number of hydrogen-bond donors (Lipinski definition) is 2. The third-order valence-electron chi connectivity index (χ3n) is 4.07. The summed E-state index contributed by atoms with van der Waals surface area (Å²) in [7, 11) is 0. The summed E-state index contributed by atoms with van der Waals surface area (Å²) in [6.45, 7) is 7.69. The van der Waals surface area contributed by atoms with Crippen LogP contribution >= 0.6 is 11.3 Å². The minimum absolute atomic E-state index is 0.0198. The molecule has 0 aliphatic heterocycles. The summed E-state index contributed by atoms with van der Waals surface area (Å²) in [5.41, 5.74) is -0.435. The summed E-state index contributed by atoms with van der Waals surface area (Å²) in [5, 5.41) is 12.0. The lowest BCUT2D eigenvalue weighted by Gasteiger charge is -2.13. The highest BCUT2D eigenvalue weighted by Crippen LogP contribution is 2.58. The van der Waals surface area contributed by atoms with Crippen molar-refractivity contribution in [3.8, 4) is 0 Å². The first-order chi connectivity index (χ1) is 9.23. The lowest BCUT2D eigenvalue weighted by atomic mass is 10.1. The molecule has 2 rings (SSSR count). The minimum Gasteiger partial charge on any atom is -0.481 e. The zero-order valence-corrected chi connectivity index (χ0v) is 13.1. The number of nitrogens with one attached hydrogen (secondary N) is 1. The molecule has 1 amide bonds. The Labute approximate surface area is 123 Å².